The van der Waals surface area contributed by atoms with E-state index in [-0.39, 0.29) is 5.97 Å². The first-order valence-corrected chi connectivity index (χ1v) is 7.20. The van der Waals surface area contributed by atoms with Gasteiger partial charge in [0.25, 0.3) is 0 Å². The van der Waals surface area contributed by atoms with E-state index < -0.39 is 0 Å². The zero-order valence-corrected chi connectivity index (χ0v) is 11.4. The molecular weight excluding hydrogens is 254 g/mol. The van der Waals surface area contributed by atoms with Crippen molar-refractivity contribution in [1.29, 1.82) is 5.26 Å². The van der Waals surface area contributed by atoms with Crippen molar-refractivity contribution in [3.8, 4) is 6.07 Å². The fourth-order valence-corrected chi connectivity index (χ4v) is 2.86. The molecule has 0 aliphatic carbocycles. The lowest BCUT2D eigenvalue weighted by Gasteiger charge is -2.06. The molecule has 1 aromatic rings. The van der Waals surface area contributed by atoms with E-state index in [2.05, 4.69) is 10.8 Å². The van der Waals surface area contributed by atoms with Gasteiger partial charge in [-0.15, -0.1) is 23.5 Å². The summed E-state index contributed by atoms with van der Waals surface area (Å²) in [6.07, 6.45) is 2.30. The van der Waals surface area contributed by atoms with Gasteiger partial charge in [-0.3, -0.25) is 4.79 Å². The minimum absolute atomic E-state index is 0.225. The first-order chi connectivity index (χ1) is 8.22. The van der Waals surface area contributed by atoms with Crippen LogP contribution in [-0.4, -0.2) is 25.1 Å². The molecule has 1 rings (SSSR count). The van der Waals surface area contributed by atoms with E-state index >= 15 is 0 Å². The number of ether oxygens (including phenoxy) is 1. The average molecular weight is 267 g/mol. The number of thioether (sulfide) groups is 2. The number of carbonyl (C=O) groups is 1. The zero-order chi connectivity index (χ0) is 12.7. The Morgan fingerprint density at radius 2 is 2.18 bits per heavy atom. The molecule has 0 aromatic heterocycles. The van der Waals surface area contributed by atoms with E-state index in [9.17, 15) is 4.79 Å². The third-order valence-electron chi connectivity index (χ3n) is 2.11. The zero-order valence-electron chi connectivity index (χ0n) is 9.73. The van der Waals surface area contributed by atoms with Crippen molar-refractivity contribution in [1.82, 2.24) is 0 Å². The Hall–Kier alpha value is -1.12. The molecule has 0 unspecified atom stereocenters. The molecule has 0 aliphatic rings. The third kappa shape index (κ3) is 3.99. The molecule has 0 N–H and O–H groups in total. The van der Waals surface area contributed by atoms with Crippen LogP contribution in [0.25, 0.3) is 0 Å². The summed E-state index contributed by atoms with van der Waals surface area (Å²) in [4.78, 5) is 12.9. The molecule has 0 fully saturated rings. The number of rotatable bonds is 5. The molecule has 0 bridgehead atoms. The standard InChI is InChI=1S/C12H13NO2S2/c1-15-12(14)6-7-17-11-5-3-4-10(16-2)9(11)8-13/h3-5H,6-7H2,1-2H3. The fourth-order valence-electron chi connectivity index (χ4n) is 1.26. The molecule has 3 nitrogen and oxygen atoms in total. The Bertz CT molecular complexity index is 441. The van der Waals surface area contributed by atoms with Gasteiger partial charge in [0.05, 0.1) is 19.1 Å². The molecule has 0 spiro atoms. The van der Waals surface area contributed by atoms with E-state index in [4.69, 9.17) is 5.26 Å². The van der Waals surface area contributed by atoms with Gasteiger partial charge in [0.2, 0.25) is 0 Å². The topological polar surface area (TPSA) is 50.1 Å². The number of nitrogens with zero attached hydrogens (tertiary/aromatic N) is 1. The number of hydrogen-bond donors (Lipinski definition) is 0. The quantitative estimate of drug-likeness (QED) is 0.606. The first-order valence-electron chi connectivity index (χ1n) is 4.99. The van der Waals surface area contributed by atoms with Crippen LogP contribution in [0.2, 0.25) is 0 Å². The highest BCUT2D eigenvalue weighted by atomic mass is 32.2. The Kier molecular flexibility index (Phi) is 5.95. The second kappa shape index (κ2) is 7.25. The van der Waals surface area contributed by atoms with Crippen molar-refractivity contribution in [2.75, 3.05) is 19.1 Å². The van der Waals surface area contributed by atoms with E-state index in [0.717, 1.165) is 9.79 Å². The van der Waals surface area contributed by atoms with Crippen molar-refractivity contribution < 1.29 is 9.53 Å². The third-order valence-corrected chi connectivity index (χ3v) is 3.95. The molecule has 0 radical (unpaired) electrons. The minimum atomic E-state index is -0.225. The Balaban J connectivity index is 2.71. The van der Waals surface area contributed by atoms with Gasteiger partial charge in [-0.2, -0.15) is 5.26 Å². The van der Waals surface area contributed by atoms with Gasteiger partial charge in [0.15, 0.2) is 0 Å². The SMILES string of the molecule is COC(=O)CCSc1cccc(SC)c1C#N. The highest BCUT2D eigenvalue weighted by molar-refractivity contribution is 7.99. The molecule has 0 atom stereocenters. The van der Waals surface area contributed by atoms with Gasteiger partial charge in [-0.05, 0) is 18.4 Å². The summed E-state index contributed by atoms with van der Waals surface area (Å²) in [5.41, 5.74) is 0.690. The lowest BCUT2D eigenvalue weighted by atomic mass is 10.2. The number of benzene rings is 1. The number of nitriles is 1. The summed E-state index contributed by atoms with van der Waals surface area (Å²) >= 11 is 3.06. The molecule has 5 heteroatoms. The summed E-state index contributed by atoms with van der Waals surface area (Å²) in [6, 6.07) is 7.96. The van der Waals surface area contributed by atoms with E-state index in [1.165, 1.54) is 18.9 Å². The molecule has 0 aliphatic heterocycles. The van der Waals surface area contributed by atoms with Crippen molar-refractivity contribution in [2.45, 2.75) is 16.2 Å². The molecule has 17 heavy (non-hydrogen) atoms. The largest absolute Gasteiger partial charge is 0.469 e. The van der Waals surface area contributed by atoms with Crippen molar-refractivity contribution in [3.05, 3.63) is 23.8 Å². The Morgan fingerprint density at radius 1 is 1.47 bits per heavy atom. The van der Waals surface area contributed by atoms with Crippen molar-refractivity contribution >= 4 is 29.5 Å². The van der Waals surface area contributed by atoms with Gasteiger partial charge in [0, 0.05) is 15.5 Å². The van der Waals surface area contributed by atoms with Gasteiger partial charge in [-0.25, -0.2) is 0 Å². The van der Waals surface area contributed by atoms with Crippen LogP contribution in [0.15, 0.2) is 28.0 Å². The predicted molar refractivity (Wildman–Crippen MR) is 70.3 cm³/mol. The van der Waals surface area contributed by atoms with Crippen LogP contribution in [0.1, 0.15) is 12.0 Å². The van der Waals surface area contributed by atoms with Gasteiger partial charge < -0.3 is 4.74 Å². The van der Waals surface area contributed by atoms with Crippen molar-refractivity contribution in [3.63, 3.8) is 0 Å². The summed E-state index contributed by atoms with van der Waals surface area (Å²) in [5.74, 6) is 0.399. The van der Waals surface area contributed by atoms with E-state index in [1.54, 1.807) is 11.8 Å². The minimum Gasteiger partial charge on any atom is -0.469 e. The molecule has 0 heterocycles. The van der Waals surface area contributed by atoms with Gasteiger partial charge in [-0.1, -0.05) is 6.07 Å². The molecular formula is C12H13NO2S2. The predicted octanol–water partition coefficient (Wildman–Crippen LogP) is 2.94. The van der Waals surface area contributed by atoms with Crippen LogP contribution in [0.3, 0.4) is 0 Å². The average Bonchev–Trinajstić information content (AvgIpc) is 2.37. The first kappa shape index (κ1) is 13.9. The monoisotopic (exact) mass is 267 g/mol. The normalized spacial score (nSPS) is 9.71. The van der Waals surface area contributed by atoms with Crippen LogP contribution in [-0.2, 0) is 9.53 Å². The Labute approximate surface area is 110 Å². The summed E-state index contributed by atoms with van der Waals surface area (Å²) < 4.78 is 4.57. The molecule has 90 valence electrons. The van der Waals surface area contributed by atoms with E-state index in [1.807, 2.05) is 24.5 Å². The van der Waals surface area contributed by atoms with Crippen molar-refractivity contribution in [2.24, 2.45) is 0 Å². The fraction of sp³-hybridized carbons (Fsp3) is 0.333. The highest BCUT2D eigenvalue weighted by Crippen LogP contribution is 2.29. The lowest BCUT2D eigenvalue weighted by Crippen LogP contribution is -2.01. The maximum atomic E-state index is 11.0. The van der Waals surface area contributed by atoms with Gasteiger partial charge in [0.1, 0.15) is 6.07 Å². The number of methoxy groups -OCH3 is 1. The van der Waals surface area contributed by atoms with Crippen LogP contribution in [0, 0.1) is 11.3 Å². The van der Waals surface area contributed by atoms with Crippen LogP contribution in [0.5, 0.6) is 0 Å². The number of esters is 1. The lowest BCUT2D eigenvalue weighted by molar-refractivity contribution is -0.140. The van der Waals surface area contributed by atoms with Crippen LogP contribution in [0.4, 0.5) is 0 Å². The van der Waals surface area contributed by atoms with Crippen LogP contribution < -0.4 is 0 Å². The number of hydrogen-bond acceptors (Lipinski definition) is 5. The molecule has 1 aromatic carbocycles. The highest BCUT2D eigenvalue weighted by Gasteiger charge is 2.08. The second-order valence-electron chi connectivity index (χ2n) is 3.12. The summed E-state index contributed by atoms with van der Waals surface area (Å²) in [5, 5.41) is 9.12. The maximum Gasteiger partial charge on any atom is 0.306 e. The molecule has 0 saturated carbocycles. The maximum absolute atomic E-state index is 11.0. The van der Waals surface area contributed by atoms with Crippen LogP contribution >= 0.6 is 23.5 Å². The summed E-state index contributed by atoms with van der Waals surface area (Å²) in [7, 11) is 1.38. The van der Waals surface area contributed by atoms with Gasteiger partial charge >= 0.3 is 5.97 Å². The second-order valence-corrected chi connectivity index (χ2v) is 5.10. The van der Waals surface area contributed by atoms with E-state index in [0.29, 0.717) is 17.7 Å². The Morgan fingerprint density at radius 3 is 2.76 bits per heavy atom. The molecule has 0 amide bonds. The summed E-state index contributed by atoms with van der Waals surface area (Å²) in [6.45, 7) is 0. The molecule has 0 saturated heterocycles. The number of carbonyl (C=O) groups excluding carboxylic acids is 1. The smallest absolute Gasteiger partial charge is 0.306 e.